The fourth-order valence-corrected chi connectivity index (χ4v) is 1.87. The first-order chi connectivity index (χ1) is 7.83. The maximum absolute atomic E-state index is 5.67. The summed E-state index contributed by atoms with van der Waals surface area (Å²) < 4.78 is 0. The van der Waals surface area contributed by atoms with Crippen LogP contribution in [0.5, 0.6) is 0 Å². The lowest BCUT2D eigenvalue weighted by Crippen LogP contribution is -2.26. The van der Waals surface area contributed by atoms with Crippen molar-refractivity contribution in [1.29, 1.82) is 0 Å². The van der Waals surface area contributed by atoms with Gasteiger partial charge in [0, 0.05) is 18.1 Å². The largest absolute Gasteiger partial charge is 0.384 e. The first kappa shape index (κ1) is 9.08. The molecule has 3 rings (SSSR count). The van der Waals surface area contributed by atoms with Gasteiger partial charge in [-0.3, -0.25) is 0 Å². The lowest BCUT2D eigenvalue weighted by Gasteiger charge is -2.24. The zero-order chi connectivity index (χ0) is 11.0. The monoisotopic (exact) mass is 215 g/mol. The van der Waals surface area contributed by atoms with Gasteiger partial charge in [0.15, 0.2) is 0 Å². The van der Waals surface area contributed by atoms with Crippen LogP contribution in [-0.2, 0) is 0 Å². The SMILES string of the molecule is Nc1ccc2c(n1)C=C(N1C=CNC1)CN2. The van der Waals surface area contributed by atoms with E-state index in [4.69, 9.17) is 5.73 Å². The second-order valence-corrected chi connectivity index (χ2v) is 3.81. The molecule has 0 fully saturated rings. The number of rotatable bonds is 1. The highest BCUT2D eigenvalue weighted by Gasteiger charge is 2.16. The molecule has 5 nitrogen and oxygen atoms in total. The lowest BCUT2D eigenvalue weighted by atomic mass is 10.2. The number of nitrogen functional groups attached to an aromatic ring is 1. The Balaban J connectivity index is 1.96. The number of fused-ring (bicyclic) bond motifs is 1. The van der Waals surface area contributed by atoms with Crippen LogP contribution in [0.15, 0.2) is 30.2 Å². The first-order valence-corrected chi connectivity index (χ1v) is 5.20. The van der Waals surface area contributed by atoms with Gasteiger partial charge in [-0.25, -0.2) is 4.98 Å². The van der Waals surface area contributed by atoms with Crippen molar-refractivity contribution in [3.63, 3.8) is 0 Å². The van der Waals surface area contributed by atoms with E-state index in [0.717, 1.165) is 24.6 Å². The quantitative estimate of drug-likeness (QED) is 0.645. The van der Waals surface area contributed by atoms with E-state index >= 15 is 0 Å². The molecule has 82 valence electrons. The zero-order valence-electron chi connectivity index (χ0n) is 8.77. The summed E-state index contributed by atoms with van der Waals surface area (Å²) >= 11 is 0. The van der Waals surface area contributed by atoms with Gasteiger partial charge in [0.2, 0.25) is 0 Å². The van der Waals surface area contributed by atoms with Gasteiger partial charge in [-0.2, -0.15) is 0 Å². The molecule has 0 aliphatic carbocycles. The minimum atomic E-state index is 0.549. The number of aromatic nitrogens is 1. The van der Waals surface area contributed by atoms with E-state index in [0.29, 0.717) is 5.82 Å². The third kappa shape index (κ3) is 1.46. The van der Waals surface area contributed by atoms with Crippen molar-refractivity contribution in [3.8, 4) is 0 Å². The van der Waals surface area contributed by atoms with Crippen LogP contribution < -0.4 is 16.4 Å². The highest BCUT2D eigenvalue weighted by atomic mass is 15.3. The fourth-order valence-electron chi connectivity index (χ4n) is 1.87. The predicted molar refractivity (Wildman–Crippen MR) is 64.1 cm³/mol. The standard InChI is InChI=1S/C11H13N5/c12-11-2-1-9-10(15-11)5-8(6-14-9)16-4-3-13-7-16/h1-5,13-14H,6-7H2,(H2,12,15). The van der Waals surface area contributed by atoms with Crippen LogP contribution in [0.3, 0.4) is 0 Å². The highest BCUT2D eigenvalue weighted by molar-refractivity contribution is 5.70. The van der Waals surface area contributed by atoms with Gasteiger partial charge in [0.1, 0.15) is 5.82 Å². The molecule has 0 spiro atoms. The summed E-state index contributed by atoms with van der Waals surface area (Å²) in [7, 11) is 0. The fraction of sp³-hybridized carbons (Fsp3) is 0.182. The Kier molecular flexibility index (Phi) is 1.96. The number of pyridine rings is 1. The molecule has 0 aromatic carbocycles. The van der Waals surface area contributed by atoms with E-state index in [9.17, 15) is 0 Å². The molecule has 4 N–H and O–H groups in total. The average Bonchev–Trinajstić information content (AvgIpc) is 2.81. The summed E-state index contributed by atoms with van der Waals surface area (Å²) in [6, 6.07) is 3.77. The Hall–Kier alpha value is -2.17. The van der Waals surface area contributed by atoms with Crippen LogP contribution in [-0.4, -0.2) is 23.1 Å². The number of hydrogen-bond donors (Lipinski definition) is 3. The van der Waals surface area contributed by atoms with Crippen molar-refractivity contribution < 1.29 is 0 Å². The molecular weight excluding hydrogens is 202 g/mol. The van der Waals surface area contributed by atoms with E-state index < -0.39 is 0 Å². The minimum Gasteiger partial charge on any atom is -0.384 e. The van der Waals surface area contributed by atoms with Crippen molar-refractivity contribution in [1.82, 2.24) is 15.2 Å². The van der Waals surface area contributed by atoms with Gasteiger partial charge in [0.05, 0.1) is 24.6 Å². The molecular formula is C11H13N5. The van der Waals surface area contributed by atoms with Gasteiger partial charge in [-0.05, 0) is 18.2 Å². The first-order valence-electron chi connectivity index (χ1n) is 5.20. The molecule has 1 aromatic rings. The van der Waals surface area contributed by atoms with Crippen molar-refractivity contribution >= 4 is 17.6 Å². The number of hydrogen-bond acceptors (Lipinski definition) is 5. The average molecular weight is 215 g/mol. The summed E-state index contributed by atoms with van der Waals surface area (Å²) in [5.74, 6) is 0.549. The zero-order valence-corrected chi connectivity index (χ0v) is 8.77. The molecule has 0 unspecified atom stereocenters. The van der Waals surface area contributed by atoms with Gasteiger partial charge in [-0.1, -0.05) is 0 Å². The third-order valence-electron chi connectivity index (χ3n) is 2.71. The normalized spacial score (nSPS) is 17.5. The summed E-state index contributed by atoms with van der Waals surface area (Å²) in [5, 5.41) is 6.46. The molecule has 0 atom stereocenters. The third-order valence-corrected chi connectivity index (χ3v) is 2.71. The summed E-state index contributed by atoms with van der Waals surface area (Å²) in [4.78, 5) is 6.44. The predicted octanol–water partition coefficient (Wildman–Crippen LogP) is 0.764. The Labute approximate surface area is 93.6 Å². The van der Waals surface area contributed by atoms with Crippen molar-refractivity contribution in [2.24, 2.45) is 0 Å². The summed E-state index contributed by atoms with van der Waals surface area (Å²) in [6.45, 7) is 1.62. The molecule has 0 bridgehead atoms. The molecule has 0 amide bonds. The molecule has 1 aromatic heterocycles. The Morgan fingerprint density at radius 3 is 3.12 bits per heavy atom. The van der Waals surface area contributed by atoms with E-state index in [-0.39, 0.29) is 0 Å². The molecule has 16 heavy (non-hydrogen) atoms. The van der Waals surface area contributed by atoms with Crippen LogP contribution in [0.2, 0.25) is 0 Å². The van der Waals surface area contributed by atoms with Gasteiger partial charge in [0.25, 0.3) is 0 Å². The molecule has 5 heteroatoms. The Bertz CT molecular complexity index is 477. The molecule has 0 saturated heterocycles. The number of nitrogens with two attached hydrogens (primary N) is 1. The smallest absolute Gasteiger partial charge is 0.124 e. The van der Waals surface area contributed by atoms with Gasteiger partial charge >= 0.3 is 0 Å². The van der Waals surface area contributed by atoms with Crippen LogP contribution in [0, 0.1) is 0 Å². The molecule has 2 aliphatic rings. The van der Waals surface area contributed by atoms with Gasteiger partial charge < -0.3 is 21.3 Å². The number of nitrogens with one attached hydrogen (secondary N) is 2. The topological polar surface area (TPSA) is 66.2 Å². The summed E-state index contributed by atoms with van der Waals surface area (Å²) in [5.41, 5.74) is 8.80. The maximum atomic E-state index is 5.67. The molecule has 3 heterocycles. The summed E-state index contributed by atoms with van der Waals surface area (Å²) in [6.07, 6.45) is 6.02. The molecule has 2 aliphatic heterocycles. The van der Waals surface area contributed by atoms with Crippen molar-refractivity contribution in [3.05, 3.63) is 35.9 Å². The van der Waals surface area contributed by atoms with Crippen molar-refractivity contribution in [2.75, 3.05) is 24.3 Å². The lowest BCUT2D eigenvalue weighted by molar-refractivity contribution is 0.480. The second-order valence-electron chi connectivity index (χ2n) is 3.81. The molecule has 0 saturated carbocycles. The Morgan fingerprint density at radius 2 is 2.31 bits per heavy atom. The van der Waals surface area contributed by atoms with Crippen molar-refractivity contribution in [2.45, 2.75) is 0 Å². The van der Waals surface area contributed by atoms with E-state index in [1.807, 2.05) is 24.5 Å². The molecule has 0 radical (unpaired) electrons. The van der Waals surface area contributed by atoms with Crippen LogP contribution in [0.4, 0.5) is 11.5 Å². The van der Waals surface area contributed by atoms with Crippen LogP contribution >= 0.6 is 0 Å². The Morgan fingerprint density at radius 1 is 1.38 bits per heavy atom. The van der Waals surface area contributed by atoms with Crippen LogP contribution in [0.1, 0.15) is 5.69 Å². The van der Waals surface area contributed by atoms with E-state index in [2.05, 4.69) is 26.6 Å². The highest BCUT2D eigenvalue weighted by Crippen LogP contribution is 2.24. The number of nitrogens with zero attached hydrogens (tertiary/aromatic N) is 2. The second kappa shape index (κ2) is 3.44. The van der Waals surface area contributed by atoms with Crippen LogP contribution in [0.25, 0.3) is 6.08 Å². The minimum absolute atomic E-state index is 0.549. The van der Waals surface area contributed by atoms with E-state index in [1.165, 1.54) is 5.70 Å². The van der Waals surface area contributed by atoms with E-state index in [1.54, 1.807) is 0 Å². The van der Waals surface area contributed by atoms with Gasteiger partial charge in [-0.15, -0.1) is 0 Å². The number of anilines is 2. The maximum Gasteiger partial charge on any atom is 0.124 e.